The van der Waals surface area contributed by atoms with E-state index in [1.54, 1.807) is 25.1 Å². The van der Waals surface area contributed by atoms with Crippen molar-refractivity contribution >= 4 is 52.1 Å². The number of carbonyl (C=O) groups excluding carboxylic acids is 3. The highest BCUT2D eigenvalue weighted by Gasteiger charge is 2.26. The van der Waals surface area contributed by atoms with Crippen molar-refractivity contribution in [3.05, 3.63) is 33.8 Å². The smallest absolute Gasteiger partial charge is 0.326 e. The third-order valence-electron chi connectivity index (χ3n) is 3.63. The van der Waals surface area contributed by atoms with Crippen LogP contribution in [0.25, 0.3) is 0 Å². The second-order valence-electron chi connectivity index (χ2n) is 5.56. The average Bonchev–Trinajstić information content (AvgIpc) is 2.91. The highest BCUT2D eigenvalue weighted by molar-refractivity contribution is 8.13. The summed E-state index contributed by atoms with van der Waals surface area (Å²) < 4.78 is 5.10. The van der Waals surface area contributed by atoms with Crippen molar-refractivity contribution in [2.75, 3.05) is 18.8 Å². The monoisotopic (exact) mass is 404 g/mol. The summed E-state index contributed by atoms with van der Waals surface area (Å²) in [6.07, 6.45) is -0.980. The van der Waals surface area contributed by atoms with Crippen molar-refractivity contribution in [2.24, 2.45) is 0 Å². The number of rotatable bonds is 6. The maximum Gasteiger partial charge on any atom is 0.326 e. The summed E-state index contributed by atoms with van der Waals surface area (Å²) in [7, 11) is 0. The zero-order valence-corrected chi connectivity index (χ0v) is 16.1. The molecule has 9 heteroatoms. The molecule has 2 rings (SSSR count). The van der Waals surface area contributed by atoms with Gasteiger partial charge in [0.15, 0.2) is 6.10 Å². The summed E-state index contributed by atoms with van der Waals surface area (Å²) in [5.74, 6) is -0.411. The molecule has 25 heavy (non-hydrogen) atoms. The van der Waals surface area contributed by atoms with Gasteiger partial charge in [0.1, 0.15) is 6.54 Å². The normalized spacial score (nSPS) is 16.5. The van der Waals surface area contributed by atoms with Gasteiger partial charge >= 0.3 is 5.97 Å². The molecule has 1 aromatic rings. The predicted octanol–water partition coefficient (Wildman–Crippen LogP) is 3.27. The minimum atomic E-state index is -0.980. The summed E-state index contributed by atoms with van der Waals surface area (Å²) in [4.78, 5) is 36.9. The van der Waals surface area contributed by atoms with Crippen molar-refractivity contribution < 1.29 is 19.1 Å². The fraction of sp³-hybridized carbons (Fsp3) is 0.438. The van der Waals surface area contributed by atoms with Gasteiger partial charge in [-0.15, -0.1) is 0 Å². The molecule has 0 aromatic heterocycles. The van der Waals surface area contributed by atoms with Crippen LogP contribution >= 0.6 is 35.0 Å². The Bertz CT molecular complexity index is 686. The fourth-order valence-electron chi connectivity index (χ4n) is 2.27. The van der Waals surface area contributed by atoms with Gasteiger partial charge in [0.05, 0.1) is 6.04 Å². The molecule has 0 aliphatic carbocycles. The number of thioether (sulfide) groups is 1. The molecule has 2 atom stereocenters. The Morgan fingerprint density at radius 3 is 2.68 bits per heavy atom. The number of halogens is 2. The van der Waals surface area contributed by atoms with E-state index in [1.807, 2.05) is 0 Å². The number of hydrogen-bond donors (Lipinski definition) is 1. The Labute approximate surface area is 160 Å². The molecule has 0 saturated carbocycles. The van der Waals surface area contributed by atoms with Crippen LogP contribution in [0.1, 0.15) is 25.5 Å². The molecule has 1 saturated heterocycles. The van der Waals surface area contributed by atoms with Gasteiger partial charge in [-0.25, -0.2) is 0 Å². The van der Waals surface area contributed by atoms with E-state index in [0.29, 0.717) is 27.9 Å². The van der Waals surface area contributed by atoms with Crippen LogP contribution in [0, 0.1) is 0 Å². The standard InChI is InChI=1S/C16H18Cl2N2O4S/c1-9(12-4-3-11(17)7-13(12)18)19-15(22)10(2)24-14(21)8-20-5-6-25-16(20)23/h3-4,7,9-10H,5-6,8H2,1-2H3,(H,19,22)/t9-,10-/m0/s1. The molecule has 1 heterocycles. The number of esters is 1. The lowest BCUT2D eigenvalue weighted by atomic mass is 10.1. The highest BCUT2D eigenvalue weighted by Crippen LogP contribution is 2.26. The Balaban J connectivity index is 1.86. The van der Waals surface area contributed by atoms with Crippen LogP contribution in [0.4, 0.5) is 4.79 Å². The first-order chi connectivity index (χ1) is 11.8. The summed E-state index contributed by atoms with van der Waals surface area (Å²) in [6.45, 7) is 3.60. The Kier molecular flexibility index (Phi) is 6.98. The van der Waals surface area contributed by atoms with Crippen LogP contribution in [0.3, 0.4) is 0 Å². The van der Waals surface area contributed by atoms with Crippen LogP contribution in [0.2, 0.25) is 10.0 Å². The second-order valence-corrected chi connectivity index (χ2v) is 7.45. The van der Waals surface area contributed by atoms with Gasteiger partial charge in [-0.05, 0) is 31.5 Å². The molecule has 0 radical (unpaired) electrons. The van der Waals surface area contributed by atoms with Crippen molar-refractivity contribution in [1.29, 1.82) is 0 Å². The number of carbonyl (C=O) groups is 3. The number of hydrogen-bond acceptors (Lipinski definition) is 5. The summed E-state index contributed by atoms with van der Waals surface area (Å²) in [5.41, 5.74) is 0.706. The minimum absolute atomic E-state index is 0.151. The zero-order chi connectivity index (χ0) is 18.6. The van der Waals surface area contributed by atoms with Gasteiger partial charge in [0.25, 0.3) is 11.1 Å². The minimum Gasteiger partial charge on any atom is -0.451 e. The number of nitrogens with zero attached hydrogens (tertiary/aromatic N) is 1. The molecule has 1 aromatic carbocycles. The van der Waals surface area contributed by atoms with E-state index in [9.17, 15) is 14.4 Å². The van der Waals surface area contributed by atoms with Gasteiger partial charge < -0.3 is 15.0 Å². The van der Waals surface area contributed by atoms with Gasteiger partial charge in [-0.3, -0.25) is 14.4 Å². The number of ether oxygens (including phenoxy) is 1. The third-order valence-corrected chi connectivity index (χ3v) is 5.08. The van der Waals surface area contributed by atoms with Crippen molar-refractivity contribution in [1.82, 2.24) is 10.2 Å². The molecule has 136 valence electrons. The molecule has 6 nitrogen and oxygen atoms in total. The van der Waals surface area contributed by atoms with Gasteiger partial charge in [0.2, 0.25) is 0 Å². The lowest BCUT2D eigenvalue weighted by Crippen LogP contribution is -2.39. The van der Waals surface area contributed by atoms with E-state index < -0.39 is 18.0 Å². The maximum atomic E-state index is 12.2. The quantitative estimate of drug-likeness (QED) is 0.736. The largest absolute Gasteiger partial charge is 0.451 e. The Morgan fingerprint density at radius 2 is 2.08 bits per heavy atom. The van der Waals surface area contributed by atoms with Gasteiger partial charge in [-0.2, -0.15) is 0 Å². The average molecular weight is 405 g/mol. The molecule has 0 unspecified atom stereocenters. The summed E-state index contributed by atoms with van der Waals surface area (Å²) in [6, 6.07) is 4.62. The lowest BCUT2D eigenvalue weighted by molar-refractivity contribution is -0.155. The zero-order valence-electron chi connectivity index (χ0n) is 13.8. The van der Waals surface area contributed by atoms with E-state index in [0.717, 1.165) is 11.8 Å². The van der Waals surface area contributed by atoms with Crippen molar-refractivity contribution in [2.45, 2.75) is 26.0 Å². The van der Waals surface area contributed by atoms with Crippen LogP contribution in [-0.2, 0) is 14.3 Å². The van der Waals surface area contributed by atoms with E-state index >= 15 is 0 Å². The third kappa shape index (κ3) is 5.52. The Hall–Kier alpha value is -1.44. The number of amides is 2. The second kappa shape index (κ2) is 8.78. The maximum absolute atomic E-state index is 12.2. The van der Waals surface area contributed by atoms with E-state index in [2.05, 4.69) is 5.32 Å². The van der Waals surface area contributed by atoms with Crippen molar-refractivity contribution in [3.8, 4) is 0 Å². The van der Waals surface area contributed by atoms with E-state index in [4.69, 9.17) is 27.9 Å². The molecule has 1 aliphatic heterocycles. The molecule has 2 amide bonds. The predicted molar refractivity (Wildman–Crippen MR) is 98.0 cm³/mol. The molecular formula is C16H18Cl2N2O4S. The molecule has 1 aliphatic rings. The molecule has 1 N–H and O–H groups in total. The van der Waals surface area contributed by atoms with Crippen LogP contribution in [0.15, 0.2) is 18.2 Å². The molecule has 0 spiro atoms. The first-order valence-corrected chi connectivity index (χ1v) is 9.38. The summed E-state index contributed by atoms with van der Waals surface area (Å²) >= 11 is 13.1. The highest BCUT2D eigenvalue weighted by atomic mass is 35.5. The van der Waals surface area contributed by atoms with Crippen LogP contribution in [0.5, 0.6) is 0 Å². The first kappa shape index (κ1) is 19.9. The number of benzene rings is 1. The topological polar surface area (TPSA) is 75.7 Å². The van der Waals surface area contributed by atoms with E-state index in [-0.39, 0.29) is 17.8 Å². The molecule has 0 bridgehead atoms. The number of nitrogens with one attached hydrogen (secondary N) is 1. The molecule has 1 fully saturated rings. The van der Waals surface area contributed by atoms with Gasteiger partial charge in [0, 0.05) is 22.3 Å². The summed E-state index contributed by atoms with van der Waals surface area (Å²) in [5, 5.41) is 3.53. The lowest BCUT2D eigenvalue weighted by Gasteiger charge is -2.20. The fourth-order valence-corrected chi connectivity index (χ4v) is 3.67. The Morgan fingerprint density at radius 1 is 1.36 bits per heavy atom. The van der Waals surface area contributed by atoms with Gasteiger partial charge in [-0.1, -0.05) is 41.0 Å². The van der Waals surface area contributed by atoms with Crippen LogP contribution < -0.4 is 5.32 Å². The van der Waals surface area contributed by atoms with E-state index in [1.165, 1.54) is 11.8 Å². The SMILES string of the molecule is C[C@H](OC(=O)CN1CCSC1=O)C(=O)N[C@@H](C)c1ccc(Cl)cc1Cl. The first-order valence-electron chi connectivity index (χ1n) is 7.64. The van der Waals surface area contributed by atoms with Crippen LogP contribution in [-0.4, -0.2) is 47.0 Å². The molecular weight excluding hydrogens is 387 g/mol. The van der Waals surface area contributed by atoms with Crippen molar-refractivity contribution in [3.63, 3.8) is 0 Å².